The van der Waals surface area contributed by atoms with Gasteiger partial charge in [-0.25, -0.2) is 4.98 Å². The molecule has 2 aromatic heterocycles. The van der Waals surface area contributed by atoms with E-state index in [1.807, 2.05) is 54.3 Å². The van der Waals surface area contributed by atoms with E-state index in [0.717, 1.165) is 45.1 Å². The van der Waals surface area contributed by atoms with Crippen LogP contribution in [-0.2, 0) is 0 Å². The number of rotatable bonds is 6. The molecule has 28 heavy (non-hydrogen) atoms. The van der Waals surface area contributed by atoms with Gasteiger partial charge in [0.25, 0.3) is 0 Å². The van der Waals surface area contributed by atoms with E-state index in [1.54, 1.807) is 19.5 Å². The molecule has 0 aliphatic carbocycles. The first-order valence-corrected chi connectivity index (χ1v) is 8.99. The molecule has 0 fully saturated rings. The molecule has 4 aromatic rings. The van der Waals surface area contributed by atoms with Crippen molar-refractivity contribution in [2.45, 2.75) is 6.92 Å². The lowest BCUT2D eigenvalue weighted by molar-refractivity contribution is 0.305. The lowest BCUT2D eigenvalue weighted by atomic mass is 10.1. The number of ether oxygens (including phenoxy) is 1. The second kappa shape index (κ2) is 7.66. The van der Waals surface area contributed by atoms with Crippen molar-refractivity contribution >= 4 is 22.4 Å². The van der Waals surface area contributed by atoms with Crippen molar-refractivity contribution in [3.8, 4) is 17.0 Å². The summed E-state index contributed by atoms with van der Waals surface area (Å²) in [5.41, 5.74) is 6.09. The Hall–Kier alpha value is -3.45. The quantitative estimate of drug-likeness (QED) is 0.537. The minimum absolute atomic E-state index is 0.0230. The number of hydrogen-bond acceptors (Lipinski definition) is 6. The Morgan fingerprint density at radius 1 is 1.07 bits per heavy atom. The van der Waals surface area contributed by atoms with E-state index < -0.39 is 0 Å². The molecule has 0 saturated heterocycles. The Bertz CT molecular complexity index is 1110. The van der Waals surface area contributed by atoms with Crippen LogP contribution < -0.4 is 9.64 Å². The van der Waals surface area contributed by atoms with Crippen molar-refractivity contribution < 1.29 is 9.84 Å². The van der Waals surface area contributed by atoms with Crippen molar-refractivity contribution in [3.05, 3.63) is 60.6 Å². The fourth-order valence-corrected chi connectivity index (χ4v) is 3.19. The third kappa shape index (κ3) is 3.39. The summed E-state index contributed by atoms with van der Waals surface area (Å²) in [4.78, 5) is 11.3. The van der Waals surface area contributed by atoms with Crippen LogP contribution in [0.2, 0.25) is 0 Å². The normalized spacial score (nSPS) is 11.0. The molecule has 2 heterocycles. The second-order valence-electron chi connectivity index (χ2n) is 6.41. The molecule has 7 heteroatoms. The van der Waals surface area contributed by atoms with Gasteiger partial charge in [-0.05, 0) is 37.3 Å². The summed E-state index contributed by atoms with van der Waals surface area (Å²) >= 11 is 0. The Kier molecular flexibility index (Phi) is 4.90. The SMILES string of the molecule is COc1cccc(N(CCO)c2ccc3ncc(-c4cn[nH]c4C)nc3c2)c1. The highest BCUT2D eigenvalue weighted by Crippen LogP contribution is 2.30. The molecule has 0 atom stereocenters. The maximum absolute atomic E-state index is 9.59. The number of fused-ring (bicyclic) bond motifs is 1. The van der Waals surface area contributed by atoms with Gasteiger partial charge in [0, 0.05) is 35.2 Å². The van der Waals surface area contributed by atoms with Crippen molar-refractivity contribution in [1.82, 2.24) is 20.2 Å². The van der Waals surface area contributed by atoms with Gasteiger partial charge in [-0.3, -0.25) is 10.1 Å². The number of aromatic nitrogens is 4. The maximum Gasteiger partial charge on any atom is 0.120 e. The van der Waals surface area contributed by atoms with Crippen LogP contribution in [0.5, 0.6) is 5.75 Å². The first-order valence-electron chi connectivity index (χ1n) is 8.99. The van der Waals surface area contributed by atoms with Gasteiger partial charge < -0.3 is 14.7 Å². The molecule has 142 valence electrons. The summed E-state index contributed by atoms with van der Waals surface area (Å²) in [5.74, 6) is 0.763. The highest BCUT2D eigenvalue weighted by Gasteiger charge is 2.13. The number of H-pyrrole nitrogens is 1. The zero-order valence-electron chi connectivity index (χ0n) is 15.8. The van der Waals surface area contributed by atoms with Gasteiger partial charge in [-0.2, -0.15) is 5.10 Å². The number of aromatic amines is 1. The van der Waals surface area contributed by atoms with Crippen molar-refractivity contribution in [2.75, 3.05) is 25.2 Å². The van der Waals surface area contributed by atoms with E-state index >= 15 is 0 Å². The van der Waals surface area contributed by atoms with E-state index in [9.17, 15) is 5.11 Å². The molecular formula is C21H21N5O2. The van der Waals surface area contributed by atoms with E-state index in [-0.39, 0.29) is 6.61 Å². The van der Waals surface area contributed by atoms with Crippen LogP contribution in [-0.4, -0.2) is 45.5 Å². The number of benzene rings is 2. The predicted molar refractivity (Wildman–Crippen MR) is 109 cm³/mol. The molecule has 4 rings (SSSR count). The Labute approximate surface area is 162 Å². The Morgan fingerprint density at radius 3 is 2.68 bits per heavy atom. The van der Waals surface area contributed by atoms with Crippen LogP contribution in [0.25, 0.3) is 22.3 Å². The average molecular weight is 375 g/mol. The molecule has 0 spiro atoms. The third-order valence-electron chi connectivity index (χ3n) is 4.63. The number of hydrogen-bond donors (Lipinski definition) is 2. The molecule has 0 aliphatic heterocycles. The van der Waals surface area contributed by atoms with Crippen LogP contribution in [0.1, 0.15) is 5.69 Å². The molecule has 0 saturated carbocycles. The summed E-state index contributed by atoms with van der Waals surface area (Å²) in [6.45, 7) is 2.43. The molecule has 2 aromatic carbocycles. The zero-order chi connectivity index (χ0) is 19.5. The Morgan fingerprint density at radius 2 is 1.93 bits per heavy atom. The largest absolute Gasteiger partial charge is 0.497 e. The molecule has 7 nitrogen and oxygen atoms in total. The van der Waals surface area contributed by atoms with Crippen LogP contribution in [0.3, 0.4) is 0 Å². The first-order chi connectivity index (χ1) is 13.7. The van der Waals surface area contributed by atoms with E-state index in [1.165, 1.54) is 0 Å². The van der Waals surface area contributed by atoms with Gasteiger partial charge in [0.15, 0.2) is 0 Å². The summed E-state index contributed by atoms with van der Waals surface area (Å²) in [7, 11) is 1.64. The van der Waals surface area contributed by atoms with Gasteiger partial charge in [0.2, 0.25) is 0 Å². The molecule has 0 amide bonds. The van der Waals surface area contributed by atoms with Gasteiger partial charge in [0.05, 0.1) is 42.8 Å². The van der Waals surface area contributed by atoms with Gasteiger partial charge in [-0.1, -0.05) is 6.07 Å². The molecular weight excluding hydrogens is 354 g/mol. The molecule has 0 aliphatic rings. The summed E-state index contributed by atoms with van der Waals surface area (Å²) in [5, 5.41) is 16.6. The standard InChI is InChI=1S/C21H21N5O2/c1-14-18(12-23-25-14)21-13-22-19-7-6-16(11-20(19)24-21)26(8-9-27)15-4-3-5-17(10-15)28-2/h3-7,10-13,27H,8-9H2,1-2H3,(H,23,25). The minimum Gasteiger partial charge on any atom is -0.497 e. The molecule has 0 radical (unpaired) electrons. The summed E-state index contributed by atoms with van der Waals surface area (Å²) in [6, 6.07) is 13.7. The van der Waals surface area contributed by atoms with Crippen molar-refractivity contribution in [1.29, 1.82) is 0 Å². The Balaban J connectivity index is 1.78. The average Bonchev–Trinajstić information content (AvgIpc) is 3.17. The van der Waals surface area contributed by atoms with Gasteiger partial charge in [0.1, 0.15) is 5.75 Å². The monoisotopic (exact) mass is 375 g/mol. The highest BCUT2D eigenvalue weighted by atomic mass is 16.5. The first kappa shape index (κ1) is 17.9. The lowest BCUT2D eigenvalue weighted by Gasteiger charge is -2.24. The van der Waals surface area contributed by atoms with Crippen LogP contribution in [0.4, 0.5) is 11.4 Å². The van der Waals surface area contributed by atoms with Crippen LogP contribution in [0.15, 0.2) is 54.9 Å². The second-order valence-corrected chi connectivity index (χ2v) is 6.41. The van der Waals surface area contributed by atoms with E-state index in [2.05, 4.69) is 15.2 Å². The topological polar surface area (TPSA) is 87.2 Å². The number of aliphatic hydroxyl groups is 1. The third-order valence-corrected chi connectivity index (χ3v) is 4.63. The smallest absolute Gasteiger partial charge is 0.120 e. The fourth-order valence-electron chi connectivity index (χ4n) is 3.19. The van der Waals surface area contributed by atoms with Crippen LogP contribution in [0, 0.1) is 6.92 Å². The van der Waals surface area contributed by atoms with Crippen molar-refractivity contribution in [3.63, 3.8) is 0 Å². The minimum atomic E-state index is 0.0230. The molecule has 0 unspecified atom stereocenters. The predicted octanol–water partition coefficient (Wildman–Crippen LogP) is 3.47. The van der Waals surface area contributed by atoms with Crippen molar-refractivity contribution in [2.24, 2.45) is 0 Å². The van der Waals surface area contributed by atoms with E-state index in [0.29, 0.717) is 6.54 Å². The zero-order valence-corrected chi connectivity index (χ0v) is 15.8. The lowest BCUT2D eigenvalue weighted by Crippen LogP contribution is -2.21. The summed E-state index contributed by atoms with van der Waals surface area (Å²) in [6.07, 6.45) is 3.51. The number of aliphatic hydroxyl groups excluding tert-OH is 1. The fraction of sp³-hybridized carbons (Fsp3) is 0.190. The number of methoxy groups -OCH3 is 1. The number of nitrogens with zero attached hydrogens (tertiary/aromatic N) is 4. The summed E-state index contributed by atoms with van der Waals surface area (Å²) < 4.78 is 5.34. The van der Waals surface area contributed by atoms with Crippen LogP contribution >= 0.6 is 0 Å². The maximum atomic E-state index is 9.59. The van der Waals surface area contributed by atoms with E-state index in [4.69, 9.17) is 9.72 Å². The highest BCUT2D eigenvalue weighted by molar-refractivity contribution is 5.82. The number of aryl methyl sites for hydroxylation is 1. The number of anilines is 2. The van der Waals surface area contributed by atoms with Gasteiger partial charge in [-0.15, -0.1) is 0 Å². The molecule has 0 bridgehead atoms. The number of nitrogens with one attached hydrogen (secondary N) is 1. The molecule has 2 N–H and O–H groups in total. The van der Waals surface area contributed by atoms with Gasteiger partial charge >= 0.3 is 0 Å².